The van der Waals surface area contributed by atoms with Crippen LogP contribution in [0.3, 0.4) is 0 Å². The molecule has 1 fully saturated rings. The molecule has 0 aliphatic carbocycles. The van der Waals surface area contributed by atoms with Gasteiger partial charge in [0.05, 0.1) is 23.0 Å². The van der Waals surface area contributed by atoms with E-state index in [2.05, 4.69) is 21.6 Å². The van der Waals surface area contributed by atoms with Crippen LogP contribution in [0, 0.1) is 18.3 Å². The van der Waals surface area contributed by atoms with Gasteiger partial charge in [-0.1, -0.05) is 41.9 Å². The molecular formula is C26H22ClFN6O. The fourth-order valence-electron chi connectivity index (χ4n) is 4.41. The predicted octanol–water partition coefficient (Wildman–Crippen LogP) is 4.98. The molecule has 4 aromatic rings. The van der Waals surface area contributed by atoms with E-state index < -0.39 is 6.17 Å². The summed E-state index contributed by atoms with van der Waals surface area (Å²) < 4.78 is 15.2. The van der Waals surface area contributed by atoms with Crippen LogP contribution < -0.4 is 5.43 Å². The molecular weight excluding hydrogens is 467 g/mol. The van der Waals surface area contributed by atoms with Gasteiger partial charge < -0.3 is 0 Å². The average Bonchev–Trinajstić information content (AvgIpc) is 3.21. The second kappa shape index (κ2) is 9.45. The van der Waals surface area contributed by atoms with Gasteiger partial charge in [-0.15, -0.1) is 0 Å². The first-order valence-electron chi connectivity index (χ1n) is 11.3. The zero-order valence-corrected chi connectivity index (χ0v) is 19.8. The van der Waals surface area contributed by atoms with Gasteiger partial charge in [-0.05, 0) is 38.0 Å². The highest BCUT2D eigenvalue weighted by Gasteiger charge is 2.26. The second-order valence-electron chi connectivity index (χ2n) is 8.48. The van der Waals surface area contributed by atoms with Gasteiger partial charge in [0.25, 0.3) is 5.91 Å². The molecule has 0 spiro atoms. The number of fused-ring (bicyclic) bond motifs is 1. The van der Waals surface area contributed by atoms with Crippen LogP contribution in [0.5, 0.6) is 0 Å². The summed E-state index contributed by atoms with van der Waals surface area (Å²) in [5, 5.41) is 16.7. The largest absolute Gasteiger partial charge is 0.285 e. The topological polar surface area (TPSA) is 86.3 Å². The Hall–Kier alpha value is -3.80. The highest BCUT2D eigenvalue weighted by Crippen LogP contribution is 2.35. The summed E-state index contributed by atoms with van der Waals surface area (Å²) >= 11 is 6.14. The van der Waals surface area contributed by atoms with Gasteiger partial charge in [-0.2, -0.15) is 10.4 Å². The van der Waals surface area contributed by atoms with Crippen LogP contribution in [0.25, 0.3) is 28.0 Å². The minimum atomic E-state index is -0.833. The number of hydrazine groups is 1. The fraction of sp³-hybridized carbons (Fsp3) is 0.231. The molecule has 35 heavy (non-hydrogen) atoms. The maximum Gasteiger partial charge on any atom is 0.271 e. The zero-order valence-electron chi connectivity index (χ0n) is 19.0. The standard InChI is InChI=1S/C26H22ClFN6O/c1-16-23(26(35)32-33-12-10-20(28)11-13-33)25-30-15-22(21-5-3-2-4-18(21)14-29)24(34(25)31-16)17-6-8-19(27)9-7-17/h2-9,15,20H,10-13H2,1H3,(H,32,35). The van der Waals surface area contributed by atoms with Crippen LogP contribution >= 0.6 is 11.6 Å². The highest BCUT2D eigenvalue weighted by molar-refractivity contribution is 6.30. The Bertz CT molecular complexity index is 1450. The molecule has 0 saturated carbocycles. The Morgan fingerprint density at radius 2 is 1.86 bits per heavy atom. The number of hydrogen-bond acceptors (Lipinski definition) is 5. The summed E-state index contributed by atoms with van der Waals surface area (Å²) in [5.41, 5.74) is 7.55. The molecule has 0 radical (unpaired) electrons. The van der Waals surface area contributed by atoms with Gasteiger partial charge in [0, 0.05) is 41.0 Å². The molecule has 9 heteroatoms. The number of benzene rings is 2. The van der Waals surface area contributed by atoms with Crippen molar-refractivity contribution >= 4 is 23.2 Å². The van der Waals surface area contributed by atoms with Crippen molar-refractivity contribution in [1.82, 2.24) is 25.0 Å². The lowest BCUT2D eigenvalue weighted by molar-refractivity contribution is 0.0663. The first kappa shape index (κ1) is 23.0. The van der Waals surface area contributed by atoms with E-state index in [0.717, 1.165) is 5.56 Å². The molecule has 176 valence electrons. The summed E-state index contributed by atoms with van der Waals surface area (Å²) in [6.07, 6.45) is 1.60. The smallest absolute Gasteiger partial charge is 0.271 e. The molecule has 7 nitrogen and oxygen atoms in total. The number of nitrogens with one attached hydrogen (secondary N) is 1. The molecule has 1 saturated heterocycles. The van der Waals surface area contributed by atoms with Crippen molar-refractivity contribution in [3.63, 3.8) is 0 Å². The number of amides is 1. The van der Waals surface area contributed by atoms with Gasteiger partial charge in [0.2, 0.25) is 0 Å². The lowest BCUT2D eigenvalue weighted by atomic mass is 9.97. The number of carbonyl (C=O) groups excluding carboxylic acids is 1. The number of alkyl halides is 1. The van der Waals surface area contributed by atoms with Gasteiger partial charge in [0.1, 0.15) is 11.7 Å². The minimum absolute atomic E-state index is 0.338. The van der Waals surface area contributed by atoms with Crippen LogP contribution in [0.4, 0.5) is 4.39 Å². The average molecular weight is 489 g/mol. The van der Waals surface area contributed by atoms with Crippen molar-refractivity contribution in [3.05, 3.63) is 76.6 Å². The van der Waals surface area contributed by atoms with Crippen molar-refractivity contribution in [2.45, 2.75) is 25.9 Å². The van der Waals surface area contributed by atoms with Crippen LogP contribution in [0.2, 0.25) is 5.02 Å². The third-order valence-corrected chi connectivity index (χ3v) is 6.44. The van der Waals surface area contributed by atoms with Gasteiger partial charge in [-0.3, -0.25) is 10.2 Å². The molecule has 0 bridgehead atoms. The number of carbonyl (C=O) groups is 1. The third kappa shape index (κ3) is 4.36. The molecule has 1 aliphatic rings. The normalized spacial score (nSPS) is 14.7. The summed E-state index contributed by atoms with van der Waals surface area (Å²) in [6, 6.07) is 16.8. The Morgan fingerprint density at radius 3 is 2.57 bits per heavy atom. The van der Waals surface area contributed by atoms with E-state index in [1.165, 1.54) is 0 Å². The Morgan fingerprint density at radius 1 is 1.14 bits per heavy atom. The molecule has 2 aromatic carbocycles. The Kier molecular flexibility index (Phi) is 6.20. The fourth-order valence-corrected chi connectivity index (χ4v) is 4.54. The molecule has 0 atom stereocenters. The van der Waals surface area contributed by atoms with Crippen LogP contribution in [-0.2, 0) is 0 Å². The third-order valence-electron chi connectivity index (χ3n) is 6.19. The lowest BCUT2D eigenvalue weighted by Gasteiger charge is -2.28. The molecule has 1 amide bonds. The maximum atomic E-state index is 13.5. The van der Waals surface area contributed by atoms with Crippen LogP contribution in [-0.4, -0.2) is 44.8 Å². The number of rotatable bonds is 4. The number of hydrogen-bond donors (Lipinski definition) is 1. The van der Waals surface area contributed by atoms with Gasteiger partial charge >= 0.3 is 0 Å². The monoisotopic (exact) mass is 488 g/mol. The van der Waals surface area contributed by atoms with Gasteiger partial charge in [0.15, 0.2) is 5.65 Å². The van der Waals surface area contributed by atoms with E-state index in [0.29, 0.717) is 70.2 Å². The van der Waals surface area contributed by atoms with E-state index in [9.17, 15) is 14.4 Å². The Labute approximate surface area is 206 Å². The molecule has 0 unspecified atom stereocenters. The van der Waals surface area contributed by atoms with E-state index in [-0.39, 0.29) is 5.91 Å². The van der Waals surface area contributed by atoms with Crippen LogP contribution in [0.15, 0.2) is 54.7 Å². The first-order chi connectivity index (χ1) is 17.0. The molecule has 5 rings (SSSR count). The van der Waals surface area contributed by atoms with E-state index in [1.54, 1.807) is 40.8 Å². The van der Waals surface area contributed by atoms with Crippen molar-refractivity contribution in [2.75, 3.05) is 13.1 Å². The number of halogens is 2. The van der Waals surface area contributed by atoms with Crippen LogP contribution in [0.1, 0.15) is 34.5 Å². The number of nitrogens with zero attached hydrogens (tertiary/aromatic N) is 5. The zero-order chi connectivity index (χ0) is 24.5. The number of nitriles is 1. The SMILES string of the molecule is Cc1nn2c(-c3ccc(Cl)cc3)c(-c3ccccc3C#N)cnc2c1C(=O)NN1CCC(F)CC1. The Balaban J connectivity index is 1.66. The van der Waals surface area contributed by atoms with E-state index in [1.807, 2.05) is 30.3 Å². The summed E-state index contributed by atoms with van der Waals surface area (Å²) in [6.45, 7) is 2.65. The van der Waals surface area contributed by atoms with E-state index in [4.69, 9.17) is 11.6 Å². The summed E-state index contributed by atoms with van der Waals surface area (Å²) in [4.78, 5) is 17.8. The number of aryl methyl sites for hydroxylation is 1. The molecule has 3 heterocycles. The van der Waals surface area contributed by atoms with Crippen molar-refractivity contribution < 1.29 is 9.18 Å². The van der Waals surface area contributed by atoms with Crippen molar-refractivity contribution in [3.8, 4) is 28.5 Å². The summed E-state index contributed by atoms with van der Waals surface area (Å²) in [5.74, 6) is -0.338. The van der Waals surface area contributed by atoms with Gasteiger partial charge in [-0.25, -0.2) is 18.9 Å². The highest BCUT2D eigenvalue weighted by atomic mass is 35.5. The quantitative estimate of drug-likeness (QED) is 0.438. The maximum absolute atomic E-state index is 13.5. The predicted molar refractivity (Wildman–Crippen MR) is 131 cm³/mol. The second-order valence-corrected chi connectivity index (χ2v) is 8.92. The van der Waals surface area contributed by atoms with E-state index >= 15 is 0 Å². The molecule has 1 aliphatic heterocycles. The van der Waals surface area contributed by atoms with Crippen molar-refractivity contribution in [1.29, 1.82) is 5.26 Å². The molecule has 2 aromatic heterocycles. The number of aromatic nitrogens is 3. The first-order valence-corrected chi connectivity index (χ1v) is 11.7. The van der Waals surface area contributed by atoms with Crippen molar-refractivity contribution in [2.24, 2.45) is 0 Å². The minimum Gasteiger partial charge on any atom is -0.285 e. The number of piperidine rings is 1. The lowest BCUT2D eigenvalue weighted by Crippen LogP contribution is -2.47. The summed E-state index contributed by atoms with van der Waals surface area (Å²) in [7, 11) is 0. The molecule has 1 N–H and O–H groups in total.